The van der Waals surface area contributed by atoms with Crippen LogP contribution >= 0.6 is 23.2 Å². The van der Waals surface area contributed by atoms with Crippen molar-refractivity contribution in [1.29, 1.82) is 0 Å². The third kappa shape index (κ3) is 4.12. The summed E-state index contributed by atoms with van der Waals surface area (Å²) in [5.74, 6) is 0.110. The van der Waals surface area contributed by atoms with Crippen LogP contribution in [0.4, 0.5) is 0 Å². The smallest absolute Gasteiger partial charge is 0.224 e. The molecule has 0 spiro atoms. The highest BCUT2D eigenvalue weighted by molar-refractivity contribution is 6.42. The topological polar surface area (TPSA) is 46.3 Å². The Bertz CT molecular complexity index is 527. The van der Waals surface area contributed by atoms with Crippen LogP contribution < -0.4 is 5.73 Å². The van der Waals surface area contributed by atoms with E-state index in [1.807, 2.05) is 30.9 Å². The molecular weight excluding hydrogens is 307 g/mol. The first-order chi connectivity index (χ1) is 9.81. The van der Waals surface area contributed by atoms with Crippen molar-refractivity contribution in [1.82, 2.24) is 4.90 Å². The van der Waals surface area contributed by atoms with Gasteiger partial charge in [-0.2, -0.15) is 0 Å². The fourth-order valence-corrected chi connectivity index (χ4v) is 2.92. The predicted octanol–water partition coefficient (Wildman–Crippen LogP) is 4.00. The lowest BCUT2D eigenvalue weighted by atomic mass is 9.75. The van der Waals surface area contributed by atoms with E-state index in [0.717, 1.165) is 24.8 Å². The van der Waals surface area contributed by atoms with Crippen LogP contribution in [0.5, 0.6) is 0 Å². The van der Waals surface area contributed by atoms with Crippen molar-refractivity contribution in [3.05, 3.63) is 33.8 Å². The maximum absolute atomic E-state index is 12.5. The number of rotatable bonds is 5. The molecule has 1 aromatic carbocycles. The van der Waals surface area contributed by atoms with Gasteiger partial charge in [0, 0.05) is 24.5 Å². The summed E-state index contributed by atoms with van der Waals surface area (Å²) in [6, 6.07) is 5.60. The Hall–Kier alpha value is -0.770. The molecule has 1 aromatic rings. The first-order valence-electron chi connectivity index (χ1n) is 7.33. The van der Waals surface area contributed by atoms with Crippen LogP contribution in [0.1, 0.15) is 45.1 Å². The van der Waals surface area contributed by atoms with Crippen LogP contribution in [-0.2, 0) is 11.3 Å². The fraction of sp³-hybridized carbons (Fsp3) is 0.562. The maximum Gasteiger partial charge on any atom is 0.224 e. The summed E-state index contributed by atoms with van der Waals surface area (Å²) in [7, 11) is 0. The molecule has 0 unspecified atom stereocenters. The summed E-state index contributed by atoms with van der Waals surface area (Å²) >= 11 is 12.0. The van der Waals surface area contributed by atoms with Gasteiger partial charge in [-0.05, 0) is 50.8 Å². The molecule has 21 heavy (non-hydrogen) atoms. The van der Waals surface area contributed by atoms with Crippen LogP contribution in [0.2, 0.25) is 10.0 Å². The summed E-state index contributed by atoms with van der Waals surface area (Å²) < 4.78 is 0. The van der Waals surface area contributed by atoms with Gasteiger partial charge in [-0.15, -0.1) is 0 Å². The van der Waals surface area contributed by atoms with Gasteiger partial charge in [-0.1, -0.05) is 29.3 Å². The summed E-state index contributed by atoms with van der Waals surface area (Å²) in [6.07, 6.45) is 3.43. The molecule has 5 heteroatoms. The first kappa shape index (κ1) is 16.6. The lowest BCUT2D eigenvalue weighted by Gasteiger charge is -2.39. The lowest BCUT2D eigenvalue weighted by molar-refractivity contribution is -0.135. The van der Waals surface area contributed by atoms with Gasteiger partial charge in [-0.3, -0.25) is 4.79 Å². The van der Waals surface area contributed by atoms with Gasteiger partial charge >= 0.3 is 0 Å². The summed E-state index contributed by atoms with van der Waals surface area (Å²) in [6.45, 7) is 4.56. The molecule has 0 atom stereocenters. The second-order valence-corrected chi connectivity index (χ2v) is 7.07. The highest BCUT2D eigenvalue weighted by Crippen LogP contribution is 2.33. The van der Waals surface area contributed by atoms with Gasteiger partial charge in [0.1, 0.15) is 0 Å². The van der Waals surface area contributed by atoms with E-state index in [-0.39, 0.29) is 17.5 Å². The molecule has 1 amide bonds. The van der Waals surface area contributed by atoms with Crippen molar-refractivity contribution in [2.75, 3.05) is 0 Å². The van der Waals surface area contributed by atoms with Crippen molar-refractivity contribution in [2.45, 2.75) is 57.7 Å². The van der Waals surface area contributed by atoms with E-state index in [0.29, 0.717) is 23.0 Å². The molecule has 0 aromatic heterocycles. The van der Waals surface area contributed by atoms with Gasteiger partial charge < -0.3 is 10.6 Å². The molecule has 116 valence electrons. The Morgan fingerprint density at radius 2 is 2.00 bits per heavy atom. The van der Waals surface area contributed by atoms with Crippen LogP contribution in [0.15, 0.2) is 18.2 Å². The number of carbonyl (C=O) groups is 1. The van der Waals surface area contributed by atoms with Gasteiger partial charge in [0.15, 0.2) is 0 Å². The van der Waals surface area contributed by atoms with Gasteiger partial charge in [0.2, 0.25) is 5.91 Å². The van der Waals surface area contributed by atoms with Crippen LogP contribution in [-0.4, -0.2) is 22.4 Å². The predicted molar refractivity (Wildman–Crippen MR) is 87.5 cm³/mol. The minimum absolute atomic E-state index is 0.110. The molecule has 1 saturated carbocycles. The van der Waals surface area contributed by atoms with Gasteiger partial charge in [-0.25, -0.2) is 0 Å². The fourth-order valence-electron chi connectivity index (χ4n) is 2.60. The van der Waals surface area contributed by atoms with Crippen molar-refractivity contribution in [2.24, 2.45) is 5.73 Å². The van der Waals surface area contributed by atoms with E-state index in [1.54, 1.807) is 6.07 Å². The molecule has 2 N–H and O–H groups in total. The zero-order chi connectivity index (χ0) is 15.6. The molecule has 1 fully saturated rings. The van der Waals surface area contributed by atoms with Gasteiger partial charge in [0.05, 0.1) is 10.0 Å². The average Bonchev–Trinajstić information content (AvgIpc) is 2.37. The minimum Gasteiger partial charge on any atom is -0.336 e. The number of nitrogens with zero attached hydrogens (tertiary/aromatic N) is 1. The van der Waals surface area contributed by atoms with E-state index < -0.39 is 0 Å². The number of carbonyl (C=O) groups excluding carboxylic acids is 1. The second-order valence-electron chi connectivity index (χ2n) is 6.26. The Morgan fingerprint density at radius 3 is 2.48 bits per heavy atom. The van der Waals surface area contributed by atoms with Crippen molar-refractivity contribution >= 4 is 29.1 Å². The van der Waals surface area contributed by atoms with E-state index in [4.69, 9.17) is 28.9 Å². The molecule has 0 saturated heterocycles. The molecule has 3 nitrogen and oxygen atoms in total. The minimum atomic E-state index is -0.290. The Balaban J connectivity index is 2.07. The Morgan fingerprint density at radius 1 is 1.33 bits per heavy atom. The number of hydrogen-bond donors (Lipinski definition) is 1. The number of nitrogens with two attached hydrogens (primary N) is 1. The zero-order valence-electron chi connectivity index (χ0n) is 12.5. The molecule has 0 aliphatic heterocycles. The SMILES string of the molecule is CC(C)N(Cc1ccc(Cl)c(Cl)c1)C(=O)CC1(N)CCC1. The van der Waals surface area contributed by atoms with Crippen LogP contribution in [0.3, 0.4) is 0 Å². The molecule has 2 rings (SSSR count). The van der Waals surface area contributed by atoms with Gasteiger partial charge in [0.25, 0.3) is 0 Å². The highest BCUT2D eigenvalue weighted by atomic mass is 35.5. The molecule has 0 heterocycles. The summed E-state index contributed by atoms with van der Waals surface area (Å²) in [4.78, 5) is 14.4. The number of halogens is 2. The normalized spacial score (nSPS) is 16.7. The number of amides is 1. The van der Waals surface area contributed by atoms with E-state index in [1.165, 1.54) is 0 Å². The first-order valence-corrected chi connectivity index (χ1v) is 8.09. The second kappa shape index (κ2) is 6.55. The molecule has 0 radical (unpaired) electrons. The highest BCUT2D eigenvalue weighted by Gasteiger charge is 2.36. The molecule has 1 aliphatic carbocycles. The maximum atomic E-state index is 12.5. The quantitative estimate of drug-likeness (QED) is 0.887. The Kier molecular flexibility index (Phi) is 5.18. The largest absolute Gasteiger partial charge is 0.336 e. The monoisotopic (exact) mass is 328 g/mol. The lowest BCUT2D eigenvalue weighted by Crippen LogP contribution is -2.51. The third-order valence-corrected chi connectivity index (χ3v) is 4.87. The third-order valence-electron chi connectivity index (χ3n) is 4.13. The molecule has 1 aliphatic rings. The van der Waals surface area contributed by atoms with Crippen molar-refractivity contribution in [3.8, 4) is 0 Å². The van der Waals surface area contributed by atoms with Crippen molar-refractivity contribution < 1.29 is 4.79 Å². The van der Waals surface area contributed by atoms with Crippen molar-refractivity contribution in [3.63, 3.8) is 0 Å². The van der Waals surface area contributed by atoms with Crippen LogP contribution in [0.25, 0.3) is 0 Å². The average molecular weight is 329 g/mol. The molecular formula is C16H22Cl2N2O. The standard InChI is InChI=1S/C16H22Cl2N2O/c1-11(2)20(15(21)9-16(19)6-3-7-16)10-12-4-5-13(17)14(18)8-12/h4-5,8,11H,3,6-7,9-10,19H2,1-2H3. The zero-order valence-corrected chi connectivity index (χ0v) is 14.0. The van der Waals surface area contributed by atoms with E-state index >= 15 is 0 Å². The molecule has 0 bridgehead atoms. The number of hydrogen-bond acceptors (Lipinski definition) is 2. The Labute approximate surface area is 136 Å². The van der Waals surface area contributed by atoms with E-state index in [9.17, 15) is 4.79 Å². The summed E-state index contributed by atoms with van der Waals surface area (Å²) in [5.41, 5.74) is 6.88. The summed E-state index contributed by atoms with van der Waals surface area (Å²) in [5, 5.41) is 1.04. The van der Waals surface area contributed by atoms with E-state index in [2.05, 4.69) is 0 Å². The van der Waals surface area contributed by atoms with Crippen LogP contribution in [0, 0.1) is 0 Å². The number of benzene rings is 1.